The van der Waals surface area contributed by atoms with E-state index in [9.17, 15) is 9.59 Å². The zero-order valence-electron chi connectivity index (χ0n) is 10.0. The number of hydrogen-bond acceptors (Lipinski definition) is 4. The van der Waals surface area contributed by atoms with E-state index >= 15 is 0 Å². The summed E-state index contributed by atoms with van der Waals surface area (Å²) in [5.74, 6) is -0.219. The van der Waals surface area contributed by atoms with Crippen LogP contribution in [0.15, 0.2) is 0 Å². The van der Waals surface area contributed by atoms with E-state index < -0.39 is 5.54 Å². The summed E-state index contributed by atoms with van der Waals surface area (Å²) in [5.41, 5.74) is -0.635. The molecule has 0 aromatic rings. The highest BCUT2D eigenvalue weighted by Crippen LogP contribution is 2.24. The van der Waals surface area contributed by atoms with Crippen LogP contribution in [0.5, 0.6) is 0 Å². The Morgan fingerprint density at radius 3 is 2.47 bits per heavy atom. The number of carbonyl (C=O) groups excluding carboxylic acids is 2. The third-order valence-electron chi connectivity index (χ3n) is 3.34. The van der Waals surface area contributed by atoms with Gasteiger partial charge in [0.25, 0.3) is 0 Å². The van der Waals surface area contributed by atoms with Crippen molar-refractivity contribution in [3.63, 3.8) is 0 Å². The molecule has 1 heterocycles. The molecule has 0 radical (unpaired) electrons. The molecule has 1 atom stereocenters. The summed E-state index contributed by atoms with van der Waals surface area (Å²) in [6.45, 7) is 2.18. The summed E-state index contributed by atoms with van der Waals surface area (Å²) >= 11 is 0. The first kappa shape index (κ1) is 12.1. The van der Waals surface area contributed by atoms with Crippen molar-refractivity contribution in [2.45, 2.75) is 50.6 Å². The second kappa shape index (κ2) is 4.46. The van der Waals surface area contributed by atoms with Crippen molar-refractivity contribution in [3.05, 3.63) is 0 Å². The van der Waals surface area contributed by atoms with E-state index in [1.54, 1.807) is 0 Å². The second-order valence-electron chi connectivity index (χ2n) is 5.05. The van der Waals surface area contributed by atoms with Crippen molar-refractivity contribution < 1.29 is 9.59 Å². The van der Waals surface area contributed by atoms with Crippen molar-refractivity contribution in [1.82, 2.24) is 10.2 Å². The average molecular weight is 235 g/mol. The number of imide groups is 1. The van der Waals surface area contributed by atoms with Crippen molar-refractivity contribution in [2.75, 3.05) is 6.54 Å². The third kappa shape index (κ3) is 2.83. The Morgan fingerprint density at radius 1 is 1.41 bits per heavy atom. The first-order chi connectivity index (χ1) is 8.04. The number of hydrogen-bond donors (Lipinski definition) is 1. The minimum atomic E-state index is -0.635. The minimum absolute atomic E-state index is 0.110. The molecule has 1 N–H and O–H groups in total. The van der Waals surface area contributed by atoms with E-state index in [1.165, 1.54) is 4.90 Å². The Balaban J connectivity index is 1.88. The Morgan fingerprint density at radius 2 is 2.00 bits per heavy atom. The summed E-state index contributed by atoms with van der Waals surface area (Å²) in [6, 6.07) is 2.68. The smallest absolute Gasteiger partial charge is 0.229 e. The van der Waals surface area contributed by atoms with E-state index in [4.69, 9.17) is 5.26 Å². The average Bonchev–Trinajstić information content (AvgIpc) is 3.04. The van der Waals surface area contributed by atoms with Gasteiger partial charge in [-0.25, -0.2) is 0 Å². The van der Waals surface area contributed by atoms with Crippen LogP contribution in [0.2, 0.25) is 0 Å². The molecule has 1 unspecified atom stereocenters. The standard InChI is InChI=1S/C12H17N3O2/c1-12(8-13,14-9-2-3-9)6-7-15-10(16)4-5-11(15)17/h9,14H,2-7H2,1H3. The molecule has 1 saturated carbocycles. The molecule has 0 aromatic heterocycles. The highest BCUT2D eigenvalue weighted by molar-refractivity contribution is 6.01. The normalized spacial score (nSPS) is 23.6. The van der Waals surface area contributed by atoms with Crippen LogP contribution in [-0.2, 0) is 9.59 Å². The molecule has 0 spiro atoms. The van der Waals surface area contributed by atoms with Gasteiger partial charge in [-0.15, -0.1) is 0 Å². The Bertz CT molecular complexity index is 368. The first-order valence-corrected chi connectivity index (χ1v) is 6.06. The van der Waals surface area contributed by atoms with Gasteiger partial charge in [0.05, 0.1) is 6.07 Å². The van der Waals surface area contributed by atoms with Crippen LogP contribution in [0.3, 0.4) is 0 Å². The molecule has 5 heteroatoms. The zero-order valence-corrected chi connectivity index (χ0v) is 10.0. The lowest BCUT2D eigenvalue weighted by atomic mass is 9.99. The number of nitriles is 1. The third-order valence-corrected chi connectivity index (χ3v) is 3.34. The molecule has 1 aliphatic carbocycles. The fraction of sp³-hybridized carbons (Fsp3) is 0.750. The van der Waals surface area contributed by atoms with Gasteiger partial charge in [0, 0.05) is 25.4 Å². The number of nitrogens with one attached hydrogen (secondary N) is 1. The molecule has 2 fully saturated rings. The summed E-state index contributed by atoms with van der Waals surface area (Å²) in [7, 11) is 0. The fourth-order valence-electron chi connectivity index (χ4n) is 2.05. The van der Waals surface area contributed by atoms with Gasteiger partial charge in [-0.05, 0) is 26.2 Å². The van der Waals surface area contributed by atoms with Crippen LogP contribution in [0.25, 0.3) is 0 Å². The van der Waals surface area contributed by atoms with Gasteiger partial charge < -0.3 is 0 Å². The lowest BCUT2D eigenvalue weighted by Gasteiger charge is -2.25. The van der Waals surface area contributed by atoms with Crippen LogP contribution >= 0.6 is 0 Å². The van der Waals surface area contributed by atoms with Gasteiger partial charge in [0.2, 0.25) is 11.8 Å². The number of amides is 2. The first-order valence-electron chi connectivity index (χ1n) is 6.06. The molecule has 5 nitrogen and oxygen atoms in total. The maximum absolute atomic E-state index is 11.4. The van der Waals surface area contributed by atoms with Crippen LogP contribution in [0, 0.1) is 11.3 Å². The molecule has 1 saturated heterocycles. The number of rotatable bonds is 5. The molecule has 2 rings (SSSR count). The van der Waals surface area contributed by atoms with Crippen molar-refractivity contribution in [2.24, 2.45) is 0 Å². The van der Waals surface area contributed by atoms with Gasteiger partial charge in [-0.1, -0.05) is 0 Å². The fourth-order valence-corrected chi connectivity index (χ4v) is 2.05. The van der Waals surface area contributed by atoms with Gasteiger partial charge in [-0.2, -0.15) is 5.26 Å². The molecular weight excluding hydrogens is 218 g/mol. The van der Waals surface area contributed by atoms with E-state index in [2.05, 4.69) is 11.4 Å². The van der Waals surface area contributed by atoms with Gasteiger partial charge >= 0.3 is 0 Å². The Kier molecular flexibility index (Phi) is 3.16. The SMILES string of the molecule is CC(C#N)(CCN1C(=O)CCC1=O)NC1CC1. The van der Waals surface area contributed by atoms with Gasteiger partial charge in [0.1, 0.15) is 5.54 Å². The lowest BCUT2D eigenvalue weighted by Crippen LogP contribution is -2.45. The molecule has 92 valence electrons. The highest BCUT2D eigenvalue weighted by atomic mass is 16.2. The molecule has 17 heavy (non-hydrogen) atoms. The van der Waals surface area contributed by atoms with Crippen molar-refractivity contribution in [1.29, 1.82) is 5.26 Å². The second-order valence-corrected chi connectivity index (χ2v) is 5.05. The topological polar surface area (TPSA) is 73.2 Å². The largest absolute Gasteiger partial charge is 0.297 e. The highest BCUT2D eigenvalue weighted by Gasteiger charge is 2.35. The van der Waals surface area contributed by atoms with E-state index in [0.29, 0.717) is 31.8 Å². The predicted octanol–water partition coefficient (Wildman–Crippen LogP) is 0.560. The van der Waals surface area contributed by atoms with Crippen LogP contribution < -0.4 is 5.32 Å². The Hall–Kier alpha value is -1.41. The van der Waals surface area contributed by atoms with E-state index in [0.717, 1.165) is 12.8 Å². The quantitative estimate of drug-likeness (QED) is 0.707. The summed E-state index contributed by atoms with van der Waals surface area (Å²) < 4.78 is 0. The van der Waals surface area contributed by atoms with Crippen LogP contribution in [-0.4, -0.2) is 34.8 Å². The van der Waals surface area contributed by atoms with Crippen molar-refractivity contribution >= 4 is 11.8 Å². The summed E-state index contributed by atoms with van der Waals surface area (Å²) in [4.78, 5) is 24.1. The van der Waals surface area contributed by atoms with Crippen LogP contribution in [0.1, 0.15) is 39.0 Å². The zero-order chi connectivity index (χ0) is 12.5. The number of likely N-dealkylation sites (tertiary alicyclic amines) is 1. The maximum atomic E-state index is 11.4. The molecular formula is C12H17N3O2. The monoisotopic (exact) mass is 235 g/mol. The minimum Gasteiger partial charge on any atom is -0.297 e. The molecule has 1 aliphatic heterocycles. The van der Waals surface area contributed by atoms with Crippen molar-refractivity contribution in [3.8, 4) is 6.07 Å². The molecule has 0 aromatic carbocycles. The molecule has 2 aliphatic rings. The van der Waals surface area contributed by atoms with Crippen LogP contribution in [0.4, 0.5) is 0 Å². The molecule has 0 bridgehead atoms. The summed E-state index contributed by atoms with van der Waals surface area (Å²) in [5, 5.41) is 12.4. The number of nitrogens with zero attached hydrogens (tertiary/aromatic N) is 2. The molecule has 2 amide bonds. The van der Waals surface area contributed by atoms with Gasteiger partial charge in [0.15, 0.2) is 0 Å². The number of carbonyl (C=O) groups is 2. The predicted molar refractivity (Wildman–Crippen MR) is 60.7 cm³/mol. The maximum Gasteiger partial charge on any atom is 0.229 e. The summed E-state index contributed by atoms with van der Waals surface area (Å²) in [6.07, 6.45) is 3.35. The van der Waals surface area contributed by atoms with E-state index in [-0.39, 0.29) is 11.8 Å². The van der Waals surface area contributed by atoms with E-state index in [1.807, 2.05) is 6.92 Å². The Labute approximate surface area is 101 Å². The lowest BCUT2D eigenvalue weighted by molar-refractivity contribution is -0.138. The van der Waals surface area contributed by atoms with Gasteiger partial charge in [-0.3, -0.25) is 19.8 Å².